The Morgan fingerprint density at radius 2 is 1.64 bits per heavy atom. The van der Waals surface area contributed by atoms with Crippen molar-refractivity contribution in [3.8, 4) is 11.3 Å². The standard InChI is InChI=1S/C25H22N4O3S/c1-18-26-16-15-24(27-18)20-7-6-8-21(17-20)28-25(30)19-11-13-23(14-12-19)33(31,32)29(2)22-9-4-3-5-10-22/h3-17H,1-2H3,(H,28,30). The maximum Gasteiger partial charge on any atom is 0.264 e. The molecule has 0 saturated carbocycles. The Morgan fingerprint density at radius 3 is 2.33 bits per heavy atom. The fourth-order valence-electron chi connectivity index (χ4n) is 3.29. The third kappa shape index (κ3) is 4.91. The molecule has 0 bridgehead atoms. The van der Waals surface area contributed by atoms with Crippen LogP contribution in [0.4, 0.5) is 11.4 Å². The van der Waals surface area contributed by atoms with Gasteiger partial charge >= 0.3 is 0 Å². The van der Waals surface area contributed by atoms with Gasteiger partial charge in [0.15, 0.2) is 0 Å². The molecule has 4 aromatic rings. The molecule has 0 aliphatic rings. The van der Waals surface area contributed by atoms with E-state index in [-0.39, 0.29) is 10.8 Å². The van der Waals surface area contributed by atoms with Crippen molar-refractivity contribution in [3.63, 3.8) is 0 Å². The first-order valence-electron chi connectivity index (χ1n) is 10.2. The number of aryl methyl sites for hydroxylation is 1. The molecule has 0 aliphatic carbocycles. The average Bonchev–Trinajstić information content (AvgIpc) is 2.84. The lowest BCUT2D eigenvalue weighted by molar-refractivity contribution is 0.102. The molecular formula is C25H22N4O3S. The number of aromatic nitrogens is 2. The summed E-state index contributed by atoms with van der Waals surface area (Å²) in [5, 5.41) is 2.85. The minimum Gasteiger partial charge on any atom is -0.322 e. The molecule has 8 heteroatoms. The molecule has 0 aliphatic heterocycles. The number of carbonyl (C=O) groups excluding carboxylic acids is 1. The fraction of sp³-hybridized carbons (Fsp3) is 0.0800. The summed E-state index contributed by atoms with van der Waals surface area (Å²) in [6.07, 6.45) is 1.69. The number of sulfonamides is 1. The molecule has 3 aromatic carbocycles. The highest BCUT2D eigenvalue weighted by Crippen LogP contribution is 2.23. The molecule has 0 fully saturated rings. The van der Waals surface area contributed by atoms with E-state index in [0.717, 1.165) is 11.3 Å². The van der Waals surface area contributed by atoms with Crippen molar-refractivity contribution in [2.45, 2.75) is 11.8 Å². The zero-order valence-corrected chi connectivity index (χ0v) is 19.0. The molecule has 1 N–H and O–H groups in total. The highest BCUT2D eigenvalue weighted by Gasteiger charge is 2.21. The molecule has 1 aromatic heterocycles. The van der Waals surface area contributed by atoms with Gasteiger partial charge < -0.3 is 5.32 Å². The van der Waals surface area contributed by atoms with Gasteiger partial charge in [-0.2, -0.15) is 0 Å². The van der Waals surface area contributed by atoms with E-state index in [0.29, 0.717) is 22.8 Å². The van der Waals surface area contributed by atoms with Crippen LogP contribution in [-0.4, -0.2) is 31.3 Å². The molecular weight excluding hydrogens is 436 g/mol. The van der Waals surface area contributed by atoms with Crippen LogP contribution in [0.3, 0.4) is 0 Å². The molecule has 33 heavy (non-hydrogen) atoms. The molecule has 166 valence electrons. The van der Waals surface area contributed by atoms with Crippen LogP contribution >= 0.6 is 0 Å². The Bertz CT molecular complexity index is 1390. The smallest absolute Gasteiger partial charge is 0.264 e. The van der Waals surface area contributed by atoms with Crippen molar-refractivity contribution in [3.05, 3.63) is 103 Å². The minimum absolute atomic E-state index is 0.103. The number of rotatable bonds is 6. The lowest BCUT2D eigenvalue weighted by Crippen LogP contribution is -2.26. The van der Waals surface area contributed by atoms with Crippen LogP contribution in [0.25, 0.3) is 11.3 Å². The largest absolute Gasteiger partial charge is 0.322 e. The summed E-state index contributed by atoms with van der Waals surface area (Å²) < 4.78 is 27.0. The zero-order valence-electron chi connectivity index (χ0n) is 18.1. The van der Waals surface area contributed by atoms with E-state index in [1.807, 2.05) is 31.2 Å². The molecule has 0 spiro atoms. The Balaban J connectivity index is 1.51. The van der Waals surface area contributed by atoms with Crippen molar-refractivity contribution in [2.75, 3.05) is 16.7 Å². The van der Waals surface area contributed by atoms with Crippen LogP contribution in [-0.2, 0) is 10.0 Å². The number of benzene rings is 3. The topological polar surface area (TPSA) is 92.3 Å². The van der Waals surface area contributed by atoms with E-state index >= 15 is 0 Å². The molecule has 0 atom stereocenters. The van der Waals surface area contributed by atoms with E-state index in [9.17, 15) is 13.2 Å². The van der Waals surface area contributed by atoms with Gasteiger partial charge in [0.1, 0.15) is 5.82 Å². The number of hydrogen-bond donors (Lipinski definition) is 1. The number of nitrogens with zero attached hydrogens (tertiary/aromatic N) is 3. The van der Waals surface area contributed by atoms with Crippen LogP contribution in [0.5, 0.6) is 0 Å². The van der Waals surface area contributed by atoms with E-state index in [1.165, 1.54) is 35.6 Å². The number of para-hydroxylation sites is 1. The van der Waals surface area contributed by atoms with Gasteiger partial charge in [0.25, 0.3) is 15.9 Å². The van der Waals surface area contributed by atoms with Crippen LogP contribution in [0.2, 0.25) is 0 Å². The Labute approximate surface area is 192 Å². The third-order valence-corrected chi connectivity index (χ3v) is 6.89. The summed E-state index contributed by atoms with van der Waals surface area (Å²) in [7, 11) is -2.25. The van der Waals surface area contributed by atoms with Crippen LogP contribution < -0.4 is 9.62 Å². The fourth-order valence-corrected chi connectivity index (χ4v) is 4.49. The molecule has 0 radical (unpaired) electrons. The SMILES string of the molecule is Cc1nccc(-c2cccc(NC(=O)c3ccc(S(=O)(=O)N(C)c4ccccc4)cc3)c2)n1. The summed E-state index contributed by atoms with van der Waals surface area (Å²) in [6.45, 7) is 1.82. The molecule has 7 nitrogen and oxygen atoms in total. The Kier molecular flexibility index (Phi) is 6.19. The second kappa shape index (κ2) is 9.22. The van der Waals surface area contributed by atoms with E-state index in [2.05, 4.69) is 15.3 Å². The average molecular weight is 459 g/mol. The number of anilines is 2. The first-order chi connectivity index (χ1) is 15.8. The highest BCUT2D eigenvalue weighted by atomic mass is 32.2. The Morgan fingerprint density at radius 1 is 0.909 bits per heavy atom. The van der Waals surface area contributed by atoms with E-state index in [4.69, 9.17) is 0 Å². The maximum atomic E-state index is 12.9. The second-order valence-corrected chi connectivity index (χ2v) is 9.33. The normalized spacial score (nSPS) is 11.1. The molecule has 1 amide bonds. The van der Waals surface area contributed by atoms with E-state index in [1.54, 1.807) is 42.6 Å². The van der Waals surface area contributed by atoms with Crippen molar-refractivity contribution >= 4 is 27.3 Å². The van der Waals surface area contributed by atoms with E-state index < -0.39 is 10.0 Å². The highest BCUT2D eigenvalue weighted by molar-refractivity contribution is 7.92. The van der Waals surface area contributed by atoms with Crippen molar-refractivity contribution in [1.29, 1.82) is 0 Å². The summed E-state index contributed by atoms with van der Waals surface area (Å²) in [6, 6.07) is 23.8. The quantitative estimate of drug-likeness (QED) is 0.458. The molecule has 0 saturated heterocycles. The van der Waals surface area contributed by atoms with Gasteiger partial charge in [0.05, 0.1) is 16.3 Å². The lowest BCUT2D eigenvalue weighted by Gasteiger charge is -2.19. The minimum atomic E-state index is -3.74. The molecule has 1 heterocycles. The predicted molar refractivity (Wildman–Crippen MR) is 129 cm³/mol. The monoisotopic (exact) mass is 458 g/mol. The van der Waals surface area contributed by atoms with Gasteiger partial charge in [-0.1, -0.05) is 30.3 Å². The Hall–Kier alpha value is -4.04. The molecule has 0 unspecified atom stereocenters. The van der Waals surface area contributed by atoms with Gasteiger partial charge in [-0.25, -0.2) is 18.4 Å². The first kappa shape index (κ1) is 22.2. The third-order valence-electron chi connectivity index (χ3n) is 5.09. The number of carbonyl (C=O) groups is 1. The van der Waals surface area contributed by atoms with Gasteiger partial charge in [-0.3, -0.25) is 9.10 Å². The summed E-state index contributed by atoms with van der Waals surface area (Å²) in [5.74, 6) is 0.321. The van der Waals surface area contributed by atoms with Crippen LogP contribution in [0.15, 0.2) is 96.0 Å². The van der Waals surface area contributed by atoms with Gasteiger partial charge in [0.2, 0.25) is 0 Å². The first-order valence-corrected chi connectivity index (χ1v) is 11.6. The zero-order chi connectivity index (χ0) is 23.4. The predicted octanol–water partition coefficient (Wildman–Crippen LogP) is 4.53. The summed E-state index contributed by atoms with van der Waals surface area (Å²) >= 11 is 0. The lowest BCUT2D eigenvalue weighted by atomic mass is 10.1. The van der Waals surface area contributed by atoms with Crippen molar-refractivity contribution in [2.24, 2.45) is 0 Å². The van der Waals surface area contributed by atoms with Crippen molar-refractivity contribution in [1.82, 2.24) is 9.97 Å². The van der Waals surface area contributed by atoms with Crippen LogP contribution in [0, 0.1) is 6.92 Å². The van der Waals surface area contributed by atoms with Gasteiger partial charge in [-0.15, -0.1) is 0 Å². The summed E-state index contributed by atoms with van der Waals surface area (Å²) in [4.78, 5) is 21.3. The van der Waals surface area contributed by atoms with Crippen LogP contribution in [0.1, 0.15) is 16.2 Å². The van der Waals surface area contributed by atoms with Crippen molar-refractivity contribution < 1.29 is 13.2 Å². The summed E-state index contributed by atoms with van der Waals surface area (Å²) in [5.41, 5.74) is 3.12. The number of amides is 1. The second-order valence-electron chi connectivity index (χ2n) is 7.36. The number of hydrogen-bond acceptors (Lipinski definition) is 5. The number of nitrogens with one attached hydrogen (secondary N) is 1. The van der Waals surface area contributed by atoms with Gasteiger partial charge in [-0.05, 0) is 61.5 Å². The maximum absolute atomic E-state index is 12.9. The molecule has 4 rings (SSSR count). The van der Waals surface area contributed by atoms with Gasteiger partial charge in [0, 0.05) is 30.1 Å².